The van der Waals surface area contributed by atoms with Crippen LogP contribution in [0.1, 0.15) is 72.4 Å². The Balaban J connectivity index is 1.96. The Bertz CT molecular complexity index is 1470. The van der Waals surface area contributed by atoms with Crippen LogP contribution in [0.15, 0.2) is 21.9 Å². The van der Waals surface area contributed by atoms with Gasteiger partial charge in [-0.1, -0.05) is 27.7 Å². The number of aromatic amines is 1. The number of nitrogens with one attached hydrogen (secondary N) is 6. The summed E-state index contributed by atoms with van der Waals surface area (Å²) >= 11 is 0. The Labute approximate surface area is 300 Å². The number of unbranched alkanes of at least 4 members (excludes halogenated alkanes) is 1. The van der Waals surface area contributed by atoms with Gasteiger partial charge in [0, 0.05) is 25.2 Å². The van der Waals surface area contributed by atoms with E-state index in [4.69, 9.17) is 10.5 Å². The van der Waals surface area contributed by atoms with Gasteiger partial charge in [0.2, 0.25) is 11.8 Å². The molecule has 20 heteroatoms. The Morgan fingerprint density at radius 1 is 0.885 bits per heavy atom. The summed E-state index contributed by atoms with van der Waals surface area (Å²) in [6.45, 7) is 7.51. The highest BCUT2D eigenvalue weighted by Gasteiger charge is 2.45. The maximum Gasteiger partial charge on any atom is 0.330 e. The van der Waals surface area contributed by atoms with Gasteiger partial charge in [-0.3, -0.25) is 28.7 Å². The van der Waals surface area contributed by atoms with Crippen LogP contribution in [0.5, 0.6) is 0 Å². The van der Waals surface area contributed by atoms with Gasteiger partial charge in [-0.15, -0.1) is 0 Å². The lowest BCUT2D eigenvalue weighted by Crippen LogP contribution is -2.57. The van der Waals surface area contributed by atoms with Crippen molar-refractivity contribution in [2.45, 2.75) is 115 Å². The number of ether oxygens (including phenoxy) is 1. The summed E-state index contributed by atoms with van der Waals surface area (Å²) in [4.78, 5) is 88.2. The Morgan fingerprint density at radius 3 is 2.15 bits per heavy atom. The number of carbonyl (C=O) groups is 5. The molecule has 1 saturated heterocycles. The van der Waals surface area contributed by atoms with Crippen molar-refractivity contribution in [2.75, 3.05) is 19.6 Å². The van der Waals surface area contributed by atoms with Crippen molar-refractivity contribution in [1.29, 1.82) is 0 Å². The fourth-order valence-corrected chi connectivity index (χ4v) is 5.58. The Kier molecular flexibility index (Phi) is 17.9. The first-order valence-corrected chi connectivity index (χ1v) is 17.3. The summed E-state index contributed by atoms with van der Waals surface area (Å²) in [6, 6.07) is -4.30. The lowest BCUT2D eigenvalue weighted by Gasteiger charge is -2.25. The molecule has 294 valence electrons. The van der Waals surface area contributed by atoms with E-state index in [0.29, 0.717) is 19.4 Å². The molecule has 0 bridgehead atoms. The molecule has 12 N–H and O–H groups in total. The molecular weight excluding hydrogens is 688 g/mol. The number of hydrogen-bond acceptors (Lipinski definition) is 12. The number of carboxylic acids is 2. The van der Waals surface area contributed by atoms with Crippen LogP contribution in [-0.2, 0) is 23.9 Å². The molecule has 0 saturated carbocycles. The molecule has 2 rings (SSSR count). The highest BCUT2D eigenvalue weighted by molar-refractivity contribution is 5.92. The van der Waals surface area contributed by atoms with Gasteiger partial charge in [-0.2, -0.15) is 0 Å². The SMILES string of the molecule is CC(C)C[C@H](NC(=O)[C@H](CCCCN)NC(=O)N[C@H](C(=O)O)C(C)C)C(=O)NCCCN[C@@H](C[C@H]1O[C@@H](n2ccc(=O)[nH]c2=O)[C@H](O)[C@@H]1O)C(=O)O. The van der Waals surface area contributed by atoms with E-state index >= 15 is 0 Å². The minimum atomic E-state index is -1.58. The van der Waals surface area contributed by atoms with Crippen molar-refractivity contribution in [3.8, 4) is 0 Å². The molecule has 1 aromatic rings. The van der Waals surface area contributed by atoms with E-state index in [1.807, 2.05) is 18.8 Å². The van der Waals surface area contributed by atoms with Crippen molar-refractivity contribution in [3.63, 3.8) is 0 Å². The second-order valence-corrected chi connectivity index (χ2v) is 13.5. The number of H-pyrrole nitrogens is 1. The molecule has 0 unspecified atom stereocenters. The van der Waals surface area contributed by atoms with Crippen LogP contribution in [0.2, 0.25) is 0 Å². The number of amides is 4. The lowest BCUT2D eigenvalue weighted by atomic mass is 10.0. The van der Waals surface area contributed by atoms with Gasteiger partial charge in [0.1, 0.15) is 36.4 Å². The van der Waals surface area contributed by atoms with Crippen LogP contribution < -0.4 is 43.6 Å². The van der Waals surface area contributed by atoms with E-state index in [9.17, 15) is 54.0 Å². The fraction of sp³-hybridized carbons (Fsp3) is 0.719. The average molecular weight is 743 g/mol. The third-order valence-corrected chi connectivity index (χ3v) is 8.40. The molecule has 1 aromatic heterocycles. The molecule has 1 aliphatic rings. The van der Waals surface area contributed by atoms with Gasteiger partial charge >= 0.3 is 23.7 Å². The second-order valence-electron chi connectivity index (χ2n) is 13.5. The summed E-state index contributed by atoms with van der Waals surface area (Å²) < 4.78 is 6.50. The van der Waals surface area contributed by atoms with Gasteiger partial charge in [0.15, 0.2) is 6.23 Å². The normalized spacial score (nSPS) is 20.9. The van der Waals surface area contributed by atoms with Gasteiger partial charge in [-0.05, 0) is 57.0 Å². The number of aromatic nitrogens is 2. The van der Waals surface area contributed by atoms with Crippen LogP contribution >= 0.6 is 0 Å². The minimum absolute atomic E-state index is 0.0163. The lowest BCUT2D eigenvalue weighted by molar-refractivity contribution is -0.141. The minimum Gasteiger partial charge on any atom is -0.480 e. The van der Waals surface area contributed by atoms with E-state index in [1.165, 1.54) is 0 Å². The zero-order chi connectivity index (χ0) is 39.1. The highest BCUT2D eigenvalue weighted by Crippen LogP contribution is 2.30. The van der Waals surface area contributed by atoms with Crippen LogP contribution in [0, 0.1) is 11.8 Å². The highest BCUT2D eigenvalue weighted by atomic mass is 16.6. The third-order valence-electron chi connectivity index (χ3n) is 8.40. The summed E-state index contributed by atoms with van der Waals surface area (Å²) in [5.41, 5.74) is 4.03. The van der Waals surface area contributed by atoms with Crippen LogP contribution in [0.4, 0.5) is 4.79 Å². The maximum absolute atomic E-state index is 13.3. The van der Waals surface area contributed by atoms with Gasteiger partial charge < -0.3 is 57.5 Å². The molecule has 8 atom stereocenters. The fourth-order valence-electron chi connectivity index (χ4n) is 5.58. The molecule has 4 amide bonds. The van der Waals surface area contributed by atoms with E-state index in [1.54, 1.807) is 13.8 Å². The Morgan fingerprint density at radius 2 is 1.58 bits per heavy atom. The first-order valence-electron chi connectivity index (χ1n) is 17.3. The van der Waals surface area contributed by atoms with Crippen LogP contribution in [0.25, 0.3) is 0 Å². The first-order chi connectivity index (χ1) is 24.5. The van der Waals surface area contributed by atoms with E-state index < -0.39 is 95.7 Å². The van der Waals surface area contributed by atoms with Gasteiger partial charge in [0.25, 0.3) is 5.56 Å². The van der Waals surface area contributed by atoms with Crippen molar-refractivity contribution < 1.29 is 49.1 Å². The summed E-state index contributed by atoms with van der Waals surface area (Å²) in [6.07, 6.45) is -3.10. The standard InChI is InChI=1S/C32H54N8O12/c1-16(2)14-19(36-27(45)18(8-5-6-10-33)37-31(50)39-23(17(3)4)30(48)49)26(44)35-12-7-11-34-20(29(46)47)15-21-24(42)25(43)28(52-21)40-13-9-22(41)38-32(40)51/h9,13,16-21,23-25,28,34,42-43H,5-8,10-12,14-15,33H2,1-4H3,(H,35,44)(H,36,45)(H,46,47)(H,48,49)(H2,37,39,50)(H,38,41,51)/t18-,19-,20-,21+,23-,24+,25+,28+/m0/s1. The number of carbonyl (C=O) groups excluding carboxylic acids is 3. The number of hydrogen-bond donors (Lipinski definition) is 11. The average Bonchev–Trinajstić information content (AvgIpc) is 3.33. The topological polar surface area (TPSA) is 317 Å². The van der Waals surface area contributed by atoms with Gasteiger partial charge in [0.05, 0.1) is 6.10 Å². The largest absolute Gasteiger partial charge is 0.480 e. The molecule has 1 fully saturated rings. The maximum atomic E-state index is 13.3. The zero-order valence-electron chi connectivity index (χ0n) is 29.9. The number of aliphatic hydroxyl groups is 2. The molecular formula is C32H54N8O12. The van der Waals surface area contributed by atoms with E-state index in [2.05, 4.69) is 26.6 Å². The molecule has 20 nitrogen and oxygen atoms in total. The predicted molar refractivity (Wildman–Crippen MR) is 185 cm³/mol. The van der Waals surface area contributed by atoms with E-state index in [-0.39, 0.29) is 44.7 Å². The summed E-state index contributed by atoms with van der Waals surface area (Å²) in [7, 11) is 0. The van der Waals surface area contributed by atoms with Crippen molar-refractivity contribution in [1.82, 2.24) is 36.1 Å². The molecule has 0 aliphatic carbocycles. The monoisotopic (exact) mass is 742 g/mol. The smallest absolute Gasteiger partial charge is 0.330 e. The molecule has 1 aliphatic heterocycles. The summed E-state index contributed by atoms with van der Waals surface area (Å²) in [5.74, 6) is -4.08. The number of nitrogens with zero attached hydrogens (tertiary/aromatic N) is 1. The Hall–Kier alpha value is -4.37. The van der Waals surface area contributed by atoms with Crippen LogP contribution in [-0.4, -0.2) is 122 Å². The number of aliphatic hydroxyl groups excluding tert-OH is 2. The molecule has 0 aromatic carbocycles. The summed E-state index contributed by atoms with van der Waals surface area (Å²) in [5, 5.41) is 53.2. The number of aliphatic carboxylic acids is 2. The number of carboxylic acid groups (broad SMARTS) is 2. The first kappa shape index (κ1) is 43.8. The molecule has 52 heavy (non-hydrogen) atoms. The quantitative estimate of drug-likeness (QED) is 0.0549. The van der Waals surface area contributed by atoms with Crippen molar-refractivity contribution in [2.24, 2.45) is 17.6 Å². The van der Waals surface area contributed by atoms with Crippen molar-refractivity contribution >= 4 is 29.8 Å². The number of urea groups is 1. The predicted octanol–water partition coefficient (Wildman–Crippen LogP) is -2.47. The third kappa shape index (κ3) is 13.6. The van der Waals surface area contributed by atoms with E-state index in [0.717, 1.165) is 16.8 Å². The zero-order valence-corrected chi connectivity index (χ0v) is 29.9. The second kappa shape index (κ2) is 21.2. The molecule has 0 spiro atoms. The van der Waals surface area contributed by atoms with Gasteiger partial charge in [-0.25, -0.2) is 14.4 Å². The van der Waals surface area contributed by atoms with Crippen molar-refractivity contribution in [3.05, 3.63) is 33.1 Å². The van der Waals surface area contributed by atoms with Crippen LogP contribution in [0.3, 0.4) is 0 Å². The molecule has 0 radical (unpaired) electrons. The molecule has 2 heterocycles. The number of nitrogens with two attached hydrogens (primary N) is 1. The number of rotatable bonds is 22.